The molecule has 0 aromatic carbocycles. The van der Waals surface area contributed by atoms with Gasteiger partial charge in [0.2, 0.25) is 11.0 Å². The average Bonchev–Trinajstić information content (AvgIpc) is 2.77. The Bertz CT molecular complexity index is 406. The van der Waals surface area contributed by atoms with Crippen molar-refractivity contribution in [2.75, 3.05) is 11.9 Å². The van der Waals surface area contributed by atoms with Crippen LogP contribution in [0.4, 0.5) is 18.3 Å². The minimum Gasteiger partial charge on any atom is -0.345 e. The first-order chi connectivity index (χ1) is 8.39. The Morgan fingerprint density at radius 1 is 1.33 bits per heavy atom. The van der Waals surface area contributed by atoms with Crippen molar-refractivity contribution in [1.82, 2.24) is 9.36 Å². The van der Waals surface area contributed by atoms with Crippen LogP contribution in [0.2, 0.25) is 0 Å². The summed E-state index contributed by atoms with van der Waals surface area (Å²) in [6.07, 6.45) is -0.564. The van der Waals surface area contributed by atoms with E-state index in [1.807, 2.05) is 0 Å². The molecular formula is C10H15F3N4S. The van der Waals surface area contributed by atoms with Gasteiger partial charge >= 0.3 is 6.18 Å². The van der Waals surface area contributed by atoms with Crippen molar-refractivity contribution in [2.24, 2.45) is 5.73 Å². The van der Waals surface area contributed by atoms with Gasteiger partial charge in [-0.3, -0.25) is 0 Å². The van der Waals surface area contributed by atoms with Crippen LogP contribution in [0.15, 0.2) is 0 Å². The first kappa shape index (κ1) is 13.5. The maximum atomic E-state index is 12.4. The molecule has 8 heteroatoms. The number of anilines is 1. The van der Waals surface area contributed by atoms with Crippen LogP contribution in [0.3, 0.4) is 0 Å². The molecule has 1 heterocycles. The van der Waals surface area contributed by atoms with Gasteiger partial charge in [0.05, 0.1) is 0 Å². The molecule has 4 nitrogen and oxygen atoms in total. The van der Waals surface area contributed by atoms with Crippen molar-refractivity contribution in [3.8, 4) is 0 Å². The van der Waals surface area contributed by atoms with Crippen LogP contribution < -0.4 is 10.6 Å². The highest BCUT2D eigenvalue weighted by atomic mass is 32.1. The molecule has 1 aliphatic carbocycles. The molecule has 2 unspecified atom stereocenters. The summed E-state index contributed by atoms with van der Waals surface area (Å²) in [7, 11) is 1.73. The predicted molar refractivity (Wildman–Crippen MR) is 63.5 cm³/mol. The van der Waals surface area contributed by atoms with Crippen molar-refractivity contribution in [1.29, 1.82) is 0 Å². The van der Waals surface area contributed by atoms with E-state index in [1.54, 1.807) is 11.9 Å². The van der Waals surface area contributed by atoms with Gasteiger partial charge in [-0.05, 0) is 12.8 Å². The Hall–Kier alpha value is -0.890. The molecule has 1 saturated carbocycles. The van der Waals surface area contributed by atoms with E-state index in [4.69, 9.17) is 5.73 Å². The van der Waals surface area contributed by atoms with Gasteiger partial charge in [-0.1, -0.05) is 12.8 Å². The molecule has 0 aliphatic heterocycles. The first-order valence-corrected chi connectivity index (χ1v) is 6.56. The quantitative estimate of drug-likeness (QED) is 0.903. The lowest BCUT2D eigenvalue weighted by Gasteiger charge is -2.35. The summed E-state index contributed by atoms with van der Waals surface area (Å²) in [6.45, 7) is 0. The fourth-order valence-corrected chi connectivity index (χ4v) is 2.94. The summed E-state index contributed by atoms with van der Waals surface area (Å²) < 4.78 is 40.6. The van der Waals surface area contributed by atoms with Crippen LogP contribution >= 0.6 is 11.5 Å². The molecule has 0 radical (unpaired) electrons. The van der Waals surface area contributed by atoms with E-state index in [0.717, 1.165) is 37.2 Å². The van der Waals surface area contributed by atoms with Gasteiger partial charge in [0.1, 0.15) is 0 Å². The van der Waals surface area contributed by atoms with Crippen molar-refractivity contribution in [3.05, 3.63) is 5.82 Å². The van der Waals surface area contributed by atoms with Crippen LogP contribution in [-0.2, 0) is 6.18 Å². The van der Waals surface area contributed by atoms with E-state index in [-0.39, 0.29) is 17.2 Å². The fourth-order valence-electron chi connectivity index (χ4n) is 2.24. The SMILES string of the molecule is CN(c1nc(C(F)(F)F)ns1)C1CCCCC1N. The third-order valence-corrected chi connectivity index (χ3v) is 4.06. The Morgan fingerprint density at radius 2 is 2.00 bits per heavy atom. The number of halogens is 3. The van der Waals surface area contributed by atoms with Gasteiger partial charge in [0.25, 0.3) is 0 Å². The molecule has 1 fully saturated rings. The molecule has 0 amide bonds. The summed E-state index contributed by atoms with van der Waals surface area (Å²) in [5.74, 6) is -1.07. The third kappa shape index (κ3) is 2.74. The summed E-state index contributed by atoms with van der Waals surface area (Å²) in [4.78, 5) is 5.28. The van der Waals surface area contributed by atoms with Gasteiger partial charge < -0.3 is 10.6 Å². The first-order valence-electron chi connectivity index (χ1n) is 5.79. The molecule has 102 valence electrons. The lowest BCUT2D eigenvalue weighted by Crippen LogP contribution is -2.48. The van der Waals surface area contributed by atoms with Gasteiger partial charge in [-0.25, -0.2) is 0 Å². The Balaban J connectivity index is 2.13. The maximum Gasteiger partial charge on any atom is 0.452 e. The molecule has 0 spiro atoms. The Kier molecular flexibility index (Phi) is 3.76. The Labute approximate surface area is 107 Å². The van der Waals surface area contributed by atoms with Crippen LogP contribution in [0.5, 0.6) is 0 Å². The molecular weight excluding hydrogens is 265 g/mol. The van der Waals surface area contributed by atoms with Gasteiger partial charge in [-0.15, -0.1) is 0 Å². The molecule has 1 aromatic rings. The van der Waals surface area contributed by atoms with Crippen LogP contribution in [0.25, 0.3) is 0 Å². The highest BCUT2D eigenvalue weighted by Gasteiger charge is 2.37. The van der Waals surface area contributed by atoms with Crippen LogP contribution in [0.1, 0.15) is 31.5 Å². The van der Waals surface area contributed by atoms with Gasteiger partial charge in [-0.2, -0.15) is 22.5 Å². The van der Waals surface area contributed by atoms with Crippen molar-refractivity contribution in [2.45, 2.75) is 43.9 Å². The number of rotatable bonds is 2. The number of hydrogen-bond acceptors (Lipinski definition) is 5. The Morgan fingerprint density at radius 3 is 2.56 bits per heavy atom. The second-order valence-corrected chi connectivity index (χ2v) is 5.26. The van der Waals surface area contributed by atoms with Crippen LogP contribution in [0, 0.1) is 0 Å². The number of alkyl halides is 3. The molecule has 18 heavy (non-hydrogen) atoms. The lowest BCUT2D eigenvalue weighted by atomic mass is 9.90. The zero-order valence-corrected chi connectivity index (χ0v) is 10.8. The van der Waals surface area contributed by atoms with Crippen LogP contribution in [-0.4, -0.2) is 28.5 Å². The monoisotopic (exact) mass is 280 g/mol. The highest BCUT2D eigenvalue weighted by molar-refractivity contribution is 7.09. The number of nitrogens with two attached hydrogens (primary N) is 1. The number of likely N-dealkylation sites (N-methyl/N-ethyl adjacent to an activating group) is 1. The third-order valence-electron chi connectivity index (χ3n) is 3.25. The number of hydrogen-bond donors (Lipinski definition) is 1. The molecule has 0 bridgehead atoms. The van der Waals surface area contributed by atoms with E-state index in [2.05, 4.69) is 9.36 Å². The fraction of sp³-hybridized carbons (Fsp3) is 0.800. The van der Waals surface area contributed by atoms with E-state index in [1.165, 1.54) is 0 Å². The van der Waals surface area contributed by atoms with E-state index < -0.39 is 12.0 Å². The molecule has 2 atom stereocenters. The van der Waals surface area contributed by atoms with E-state index >= 15 is 0 Å². The lowest BCUT2D eigenvalue weighted by molar-refractivity contribution is -0.144. The normalized spacial score (nSPS) is 25.2. The van der Waals surface area contributed by atoms with Gasteiger partial charge in [0.15, 0.2) is 0 Å². The topological polar surface area (TPSA) is 55.0 Å². The largest absolute Gasteiger partial charge is 0.452 e. The molecule has 0 saturated heterocycles. The minimum absolute atomic E-state index is 0.0120. The standard InChI is InChI=1S/C10H15F3N4S/c1-17(7-5-3-2-4-6(7)14)9-15-8(16-18-9)10(11,12)13/h6-7H,2-5,14H2,1H3. The highest BCUT2D eigenvalue weighted by Crippen LogP contribution is 2.32. The average molecular weight is 280 g/mol. The summed E-state index contributed by atoms with van der Waals surface area (Å²) in [5, 5.41) is 0.282. The van der Waals surface area contributed by atoms with E-state index in [9.17, 15) is 13.2 Å². The molecule has 1 aliphatic rings. The number of aromatic nitrogens is 2. The molecule has 2 N–H and O–H groups in total. The van der Waals surface area contributed by atoms with E-state index in [0.29, 0.717) is 0 Å². The molecule has 1 aromatic heterocycles. The summed E-state index contributed by atoms with van der Waals surface area (Å²) in [6, 6.07) is 0.0368. The zero-order chi connectivity index (χ0) is 13.3. The predicted octanol–water partition coefficient (Wildman–Crippen LogP) is 2.26. The number of nitrogens with zero attached hydrogens (tertiary/aromatic N) is 3. The van der Waals surface area contributed by atoms with Crippen molar-refractivity contribution < 1.29 is 13.2 Å². The zero-order valence-electron chi connectivity index (χ0n) is 9.94. The summed E-state index contributed by atoms with van der Waals surface area (Å²) in [5.41, 5.74) is 6.00. The second-order valence-electron chi connectivity index (χ2n) is 4.52. The summed E-state index contributed by atoms with van der Waals surface area (Å²) >= 11 is 0.769. The minimum atomic E-state index is -4.48. The molecule has 2 rings (SSSR count). The smallest absolute Gasteiger partial charge is 0.345 e. The van der Waals surface area contributed by atoms with Gasteiger partial charge in [0, 0.05) is 30.7 Å². The second kappa shape index (κ2) is 5.00. The van der Waals surface area contributed by atoms with Crippen molar-refractivity contribution in [3.63, 3.8) is 0 Å². The maximum absolute atomic E-state index is 12.4. The van der Waals surface area contributed by atoms with Crippen molar-refractivity contribution >= 4 is 16.7 Å².